The average Bonchev–Trinajstić information content (AvgIpc) is 3.09. The number of para-hydroxylation sites is 1. The summed E-state index contributed by atoms with van der Waals surface area (Å²) >= 11 is 5.93. The highest BCUT2D eigenvalue weighted by atomic mass is 35.5. The van der Waals surface area contributed by atoms with Crippen LogP contribution >= 0.6 is 11.6 Å². The average molecular weight is 297 g/mol. The standard InChI is InChI=1S/C17H9ClO3/c18-12-5-6-14-11(7-12)9-16(21-14)17(19)15-8-10-3-1-2-4-13(10)20-15/h1-9H. The quantitative estimate of drug-likeness (QED) is 0.485. The first-order valence-electron chi connectivity index (χ1n) is 6.43. The molecule has 4 aromatic rings. The van der Waals surface area contributed by atoms with Crippen LogP contribution in [0.2, 0.25) is 5.02 Å². The minimum atomic E-state index is -0.279. The van der Waals surface area contributed by atoms with Crippen LogP contribution in [-0.4, -0.2) is 5.78 Å². The van der Waals surface area contributed by atoms with Crippen molar-refractivity contribution >= 4 is 39.3 Å². The summed E-state index contributed by atoms with van der Waals surface area (Å²) in [6.07, 6.45) is 0. The van der Waals surface area contributed by atoms with Gasteiger partial charge in [0.05, 0.1) is 0 Å². The Bertz CT molecular complexity index is 945. The molecule has 4 rings (SSSR count). The maximum atomic E-state index is 12.5. The normalized spacial score (nSPS) is 11.3. The lowest BCUT2D eigenvalue weighted by Crippen LogP contribution is -1.96. The van der Waals surface area contributed by atoms with Crippen molar-refractivity contribution < 1.29 is 13.6 Å². The molecule has 0 aliphatic rings. The van der Waals surface area contributed by atoms with Crippen LogP contribution in [0.1, 0.15) is 16.3 Å². The van der Waals surface area contributed by atoms with Crippen molar-refractivity contribution in [3.8, 4) is 0 Å². The van der Waals surface area contributed by atoms with E-state index < -0.39 is 0 Å². The SMILES string of the molecule is O=C(c1cc2ccccc2o1)c1cc2cc(Cl)ccc2o1. The fourth-order valence-electron chi connectivity index (χ4n) is 2.34. The molecule has 0 saturated heterocycles. The van der Waals surface area contributed by atoms with Gasteiger partial charge < -0.3 is 8.83 Å². The molecular formula is C17H9ClO3. The second kappa shape index (κ2) is 4.50. The molecule has 0 saturated carbocycles. The van der Waals surface area contributed by atoms with Gasteiger partial charge in [-0.3, -0.25) is 4.79 Å². The zero-order valence-electron chi connectivity index (χ0n) is 10.8. The van der Waals surface area contributed by atoms with E-state index in [1.807, 2.05) is 24.3 Å². The molecule has 102 valence electrons. The monoisotopic (exact) mass is 296 g/mol. The second-order valence-electron chi connectivity index (χ2n) is 4.77. The van der Waals surface area contributed by atoms with Crippen molar-refractivity contribution in [3.63, 3.8) is 0 Å². The number of fused-ring (bicyclic) bond motifs is 2. The minimum Gasteiger partial charge on any atom is -0.452 e. The zero-order chi connectivity index (χ0) is 14.4. The summed E-state index contributed by atoms with van der Waals surface area (Å²) in [5.74, 6) is 0.228. The number of benzene rings is 2. The number of halogens is 1. The molecule has 21 heavy (non-hydrogen) atoms. The predicted octanol–water partition coefficient (Wildman–Crippen LogP) is 5.06. The highest BCUT2D eigenvalue weighted by Crippen LogP contribution is 2.26. The summed E-state index contributed by atoms with van der Waals surface area (Å²) in [6, 6.07) is 16.1. The van der Waals surface area contributed by atoms with E-state index in [-0.39, 0.29) is 17.3 Å². The lowest BCUT2D eigenvalue weighted by Gasteiger charge is -1.90. The maximum Gasteiger partial charge on any atom is 0.263 e. The molecule has 0 spiro atoms. The topological polar surface area (TPSA) is 43.4 Å². The molecule has 0 amide bonds. The Labute approximate surface area is 124 Å². The number of hydrogen-bond acceptors (Lipinski definition) is 3. The van der Waals surface area contributed by atoms with Crippen molar-refractivity contribution in [2.75, 3.05) is 0 Å². The Morgan fingerprint density at radius 1 is 0.810 bits per heavy atom. The Kier molecular flexibility index (Phi) is 2.62. The smallest absolute Gasteiger partial charge is 0.263 e. The van der Waals surface area contributed by atoms with Gasteiger partial charge in [0, 0.05) is 15.8 Å². The molecule has 2 aromatic heterocycles. The van der Waals surface area contributed by atoms with Crippen molar-refractivity contribution in [2.24, 2.45) is 0 Å². The first kappa shape index (κ1) is 12.2. The first-order chi connectivity index (χ1) is 10.2. The lowest BCUT2D eigenvalue weighted by molar-refractivity contribution is 0.0987. The number of rotatable bonds is 2. The van der Waals surface area contributed by atoms with Crippen molar-refractivity contribution in [1.29, 1.82) is 0 Å². The van der Waals surface area contributed by atoms with E-state index in [9.17, 15) is 4.79 Å². The first-order valence-corrected chi connectivity index (χ1v) is 6.81. The highest BCUT2D eigenvalue weighted by Gasteiger charge is 2.18. The van der Waals surface area contributed by atoms with E-state index in [1.54, 1.807) is 30.3 Å². The number of ketones is 1. The van der Waals surface area contributed by atoms with E-state index in [0.29, 0.717) is 16.2 Å². The van der Waals surface area contributed by atoms with Gasteiger partial charge in [-0.05, 0) is 36.4 Å². The van der Waals surface area contributed by atoms with Crippen LogP contribution in [0, 0.1) is 0 Å². The van der Waals surface area contributed by atoms with Crippen LogP contribution in [0.5, 0.6) is 0 Å². The van der Waals surface area contributed by atoms with Crippen molar-refractivity contribution in [3.05, 3.63) is 71.1 Å². The zero-order valence-corrected chi connectivity index (χ0v) is 11.6. The predicted molar refractivity (Wildman–Crippen MR) is 80.9 cm³/mol. The molecule has 4 heteroatoms. The fraction of sp³-hybridized carbons (Fsp3) is 0. The van der Waals surface area contributed by atoms with Crippen molar-refractivity contribution in [1.82, 2.24) is 0 Å². The summed E-state index contributed by atoms with van der Waals surface area (Å²) in [6.45, 7) is 0. The van der Waals surface area contributed by atoms with Gasteiger partial charge >= 0.3 is 0 Å². The van der Waals surface area contributed by atoms with Crippen LogP contribution in [0.15, 0.2) is 63.4 Å². The molecular weight excluding hydrogens is 288 g/mol. The van der Waals surface area contributed by atoms with Crippen molar-refractivity contribution in [2.45, 2.75) is 0 Å². The van der Waals surface area contributed by atoms with E-state index >= 15 is 0 Å². The summed E-state index contributed by atoms with van der Waals surface area (Å²) in [5, 5.41) is 2.29. The summed E-state index contributed by atoms with van der Waals surface area (Å²) in [7, 11) is 0. The molecule has 0 aliphatic carbocycles. The van der Waals surface area contributed by atoms with E-state index in [2.05, 4.69) is 0 Å². The van der Waals surface area contributed by atoms with Gasteiger partial charge in [-0.15, -0.1) is 0 Å². The van der Waals surface area contributed by atoms with Gasteiger partial charge in [0.15, 0.2) is 11.5 Å². The van der Waals surface area contributed by atoms with Crippen LogP contribution in [-0.2, 0) is 0 Å². The summed E-state index contributed by atoms with van der Waals surface area (Å²) in [4.78, 5) is 12.5. The molecule has 0 bridgehead atoms. The van der Waals surface area contributed by atoms with Gasteiger partial charge in [-0.25, -0.2) is 0 Å². The van der Waals surface area contributed by atoms with Gasteiger partial charge in [0.25, 0.3) is 5.78 Å². The summed E-state index contributed by atoms with van der Waals surface area (Å²) in [5.41, 5.74) is 1.30. The van der Waals surface area contributed by atoms with Crippen LogP contribution in [0.25, 0.3) is 21.9 Å². The molecule has 0 radical (unpaired) electrons. The molecule has 3 nitrogen and oxygen atoms in total. The molecule has 2 heterocycles. The summed E-state index contributed by atoms with van der Waals surface area (Å²) < 4.78 is 11.1. The fourth-order valence-corrected chi connectivity index (χ4v) is 2.52. The third-order valence-corrected chi connectivity index (χ3v) is 3.59. The van der Waals surface area contributed by atoms with E-state index in [0.717, 1.165) is 10.8 Å². The Morgan fingerprint density at radius 3 is 2.24 bits per heavy atom. The molecule has 0 atom stereocenters. The van der Waals surface area contributed by atoms with Crippen LogP contribution in [0.3, 0.4) is 0 Å². The number of carbonyl (C=O) groups excluding carboxylic acids is 1. The molecule has 2 aromatic carbocycles. The Morgan fingerprint density at radius 2 is 1.48 bits per heavy atom. The molecule has 0 unspecified atom stereocenters. The number of carbonyl (C=O) groups is 1. The highest BCUT2D eigenvalue weighted by molar-refractivity contribution is 6.31. The van der Waals surface area contributed by atoms with E-state index in [1.165, 1.54) is 0 Å². The molecule has 0 N–H and O–H groups in total. The van der Waals surface area contributed by atoms with Gasteiger partial charge in [-0.1, -0.05) is 29.8 Å². The number of furan rings is 2. The second-order valence-corrected chi connectivity index (χ2v) is 5.21. The minimum absolute atomic E-state index is 0.242. The van der Waals surface area contributed by atoms with E-state index in [4.69, 9.17) is 20.4 Å². The largest absolute Gasteiger partial charge is 0.452 e. The van der Waals surface area contributed by atoms with Gasteiger partial charge in [0.1, 0.15) is 11.2 Å². The lowest BCUT2D eigenvalue weighted by atomic mass is 10.2. The molecule has 0 fully saturated rings. The Balaban J connectivity index is 1.81. The van der Waals surface area contributed by atoms with Gasteiger partial charge in [0.2, 0.25) is 0 Å². The van der Waals surface area contributed by atoms with Crippen LogP contribution < -0.4 is 0 Å². The van der Waals surface area contributed by atoms with Gasteiger partial charge in [-0.2, -0.15) is 0 Å². The third-order valence-electron chi connectivity index (χ3n) is 3.35. The number of hydrogen-bond donors (Lipinski definition) is 0. The maximum absolute atomic E-state index is 12.5. The molecule has 0 aliphatic heterocycles. The third kappa shape index (κ3) is 2.03. The Hall–Kier alpha value is -2.52. The van der Waals surface area contributed by atoms with Crippen LogP contribution in [0.4, 0.5) is 0 Å².